The van der Waals surface area contributed by atoms with Crippen molar-refractivity contribution in [3.63, 3.8) is 0 Å². The minimum Gasteiger partial charge on any atom is -0.464 e. The van der Waals surface area contributed by atoms with Gasteiger partial charge < -0.3 is 14.6 Å². The number of fused-ring (bicyclic) bond motifs is 2. The number of hydrogen-bond donors (Lipinski definition) is 1. The maximum Gasteiger partial charge on any atom is 0.416 e. The van der Waals surface area contributed by atoms with Crippen molar-refractivity contribution in [1.29, 1.82) is 0 Å². The van der Waals surface area contributed by atoms with Crippen molar-refractivity contribution in [3.05, 3.63) is 76.6 Å². The Bertz CT molecular complexity index is 1530. The normalized spacial score (nSPS) is 20.8. The van der Waals surface area contributed by atoms with Gasteiger partial charge in [-0.25, -0.2) is 4.98 Å². The second-order valence-electron chi connectivity index (χ2n) is 9.52. The summed E-state index contributed by atoms with van der Waals surface area (Å²) in [5.41, 5.74) is 0.809. The van der Waals surface area contributed by atoms with E-state index in [-0.39, 0.29) is 36.0 Å². The number of benzene rings is 2. The van der Waals surface area contributed by atoms with E-state index in [2.05, 4.69) is 10.3 Å². The summed E-state index contributed by atoms with van der Waals surface area (Å²) in [5, 5.41) is 4.29. The molecule has 0 radical (unpaired) electrons. The summed E-state index contributed by atoms with van der Waals surface area (Å²) in [6.45, 7) is 2.55. The number of furan rings is 1. The number of alkyl halides is 3. The van der Waals surface area contributed by atoms with Gasteiger partial charge in [0, 0.05) is 18.5 Å². The topological polar surface area (TPSA) is 75.4 Å². The van der Waals surface area contributed by atoms with Crippen LogP contribution in [-0.4, -0.2) is 40.8 Å². The summed E-state index contributed by atoms with van der Waals surface area (Å²) in [4.78, 5) is 33.2. The molecule has 10 heteroatoms. The smallest absolute Gasteiger partial charge is 0.416 e. The number of aromatic nitrogens is 1. The molecule has 0 unspecified atom stereocenters. The summed E-state index contributed by atoms with van der Waals surface area (Å²) in [5.74, 6) is 0.0726. The Hall–Kier alpha value is -3.66. The second kappa shape index (κ2) is 8.72. The highest BCUT2D eigenvalue weighted by Gasteiger charge is 2.54. The van der Waals surface area contributed by atoms with Crippen LogP contribution in [0.5, 0.6) is 0 Å². The maximum atomic E-state index is 13.7. The lowest BCUT2D eigenvalue weighted by molar-refractivity contribution is -0.137. The number of rotatable bonds is 5. The van der Waals surface area contributed by atoms with E-state index in [9.17, 15) is 22.8 Å². The zero-order chi connectivity index (χ0) is 25.9. The molecule has 37 heavy (non-hydrogen) atoms. The van der Waals surface area contributed by atoms with E-state index in [1.807, 2.05) is 0 Å². The molecule has 0 spiro atoms. The van der Waals surface area contributed by atoms with Gasteiger partial charge in [0.05, 0.1) is 33.3 Å². The highest BCUT2D eigenvalue weighted by atomic mass is 32.1. The lowest BCUT2D eigenvalue weighted by atomic mass is 10.1. The predicted molar refractivity (Wildman–Crippen MR) is 132 cm³/mol. The van der Waals surface area contributed by atoms with E-state index in [4.69, 9.17) is 4.42 Å². The molecule has 1 aliphatic heterocycles. The Kier molecular flexibility index (Phi) is 5.59. The Morgan fingerprint density at radius 3 is 2.81 bits per heavy atom. The molecule has 6 nitrogen and oxygen atoms in total. The number of aryl methyl sites for hydroxylation is 1. The second-order valence-corrected chi connectivity index (χ2v) is 10.7. The fraction of sp³-hybridized carbons (Fsp3) is 0.296. The zero-order valence-electron chi connectivity index (χ0n) is 19.7. The molecule has 190 valence electrons. The molecular weight excluding hydrogens is 503 g/mol. The Morgan fingerprint density at radius 1 is 1.19 bits per heavy atom. The molecule has 1 aliphatic carbocycles. The molecule has 1 saturated carbocycles. The average Bonchev–Trinajstić information content (AvgIpc) is 3.20. The first-order valence-corrected chi connectivity index (χ1v) is 12.7. The van der Waals surface area contributed by atoms with Crippen LogP contribution in [-0.2, 0) is 6.18 Å². The predicted octanol–water partition coefficient (Wildman–Crippen LogP) is 5.77. The molecule has 6 rings (SSSR count). The number of nitrogens with one attached hydrogen (secondary N) is 1. The minimum atomic E-state index is -4.49. The molecule has 2 fully saturated rings. The van der Waals surface area contributed by atoms with Crippen LogP contribution < -0.4 is 5.32 Å². The van der Waals surface area contributed by atoms with Gasteiger partial charge in [0.15, 0.2) is 0 Å². The summed E-state index contributed by atoms with van der Waals surface area (Å²) >= 11 is 1.20. The molecule has 3 heterocycles. The van der Waals surface area contributed by atoms with Gasteiger partial charge in [-0.3, -0.25) is 9.59 Å². The number of halogens is 3. The number of amides is 2. The molecule has 0 bridgehead atoms. The lowest BCUT2D eigenvalue weighted by Gasteiger charge is -2.27. The van der Waals surface area contributed by atoms with E-state index in [0.29, 0.717) is 44.4 Å². The number of nitrogens with zero attached hydrogens (tertiary/aromatic N) is 2. The van der Waals surface area contributed by atoms with E-state index >= 15 is 0 Å². The standard InChI is InChI=1S/C27H22F3N3O3S/c1-14-32-23(24(37-14)15-4-2-5-17(10-15)27(28,29)30)26(35)33-13-16-11-20(16)21(33)12-31-25(34)19-6-3-7-22-18(19)8-9-36-22/h2-10,16,20-21H,11-13H2,1H3,(H,31,34)/t16-,20-,21-/m1/s1. The molecule has 3 atom stereocenters. The van der Waals surface area contributed by atoms with Gasteiger partial charge in [-0.1, -0.05) is 18.2 Å². The molecule has 4 aromatic rings. The summed E-state index contributed by atoms with van der Waals surface area (Å²) in [7, 11) is 0. The van der Waals surface area contributed by atoms with Crippen LogP contribution in [0.15, 0.2) is 59.2 Å². The van der Waals surface area contributed by atoms with Crippen LogP contribution in [0.4, 0.5) is 13.2 Å². The van der Waals surface area contributed by atoms with E-state index in [1.54, 1.807) is 42.2 Å². The summed E-state index contributed by atoms with van der Waals surface area (Å²) in [6.07, 6.45) is -1.97. The van der Waals surface area contributed by atoms with Crippen molar-refractivity contribution in [2.24, 2.45) is 11.8 Å². The van der Waals surface area contributed by atoms with Crippen LogP contribution >= 0.6 is 11.3 Å². The first-order chi connectivity index (χ1) is 17.7. The van der Waals surface area contributed by atoms with E-state index < -0.39 is 11.7 Å². The van der Waals surface area contributed by atoms with Crippen LogP contribution in [0.1, 0.15) is 37.8 Å². The summed E-state index contributed by atoms with van der Waals surface area (Å²) < 4.78 is 45.3. The van der Waals surface area contributed by atoms with E-state index in [0.717, 1.165) is 18.6 Å². The molecule has 1 N–H and O–H groups in total. The number of carbonyl (C=O) groups excluding carboxylic acids is 2. The Labute approximate surface area is 214 Å². The molecule has 2 amide bonds. The van der Waals surface area contributed by atoms with Crippen molar-refractivity contribution in [3.8, 4) is 10.4 Å². The van der Waals surface area contributed by atoms with Gasteiger partial charge in [0.25, 0.3) is 11.8 Å². The van der Waals surface area contributed by atoms with Gasteiger partial charge in [0.2, 0.25) is 0 Å². The molecule has 2 aromatic carbocycles. The molecule has 2 aliphatic rings. The number of thiazole rings is 1. The van der Waals surface area contributed by atoms with Crippen LogP contribution in [0.25, 0.3) is 21.4 Å². The van der Waals surface area contributed by atoms with Gasteiger partial charge in [-0.15, -0.1) is 11.3 Å². The Balaban J connectivity index is 1.24. The Morgan fingerprint density at radius 2 is 2.00 bits per heavy atom. The quantitative estimate of drug-likeness (QED) is 0.359. The van der Waals surface area contributed by atoms with E-state index in [1.165, 1.54) is 23.7 Å². The lowest BCUT2D eigenvalue weighted by Crippen LogP contribution is -2.45. The number of piperidine rings is 1. The van der Waals surface area contributed by atoms with Gasteiger partial charge in [-0.2, -0.15) is 13.2 Å². The number of carbonyl (C=O) groups is 2. The van der Waals surface area contributed by atoms with Crippen molar-refractivity contribution < 1.29 is 27.2 Å². The first-order valence-electron chi connectivity index (χ1n) is 11.9. The van der Waals surface area contributed by atoms with Gasteiger partial charge in [-0.05, 0) is 61.1 Å². The van der Waals surface area contributed by atoms with Gasteiger partial charge in [0.1, 0.15) is 11.3 Å². The third-order valence-electron chi connectivity index (χ3n) is 7.16. The van der Waals surface area contributed by atoms with Crippen molar-refractivity contribution in [2.75, 3.05) is 13.1 Å². The third-order valence-corrected chi connectivity index (χ3v) is 8.18. The molecule has 1 saturated heterocycles. The SMILES string of the molecule is Cc1nc(C(=O)N2C[C@H]3C[C@H]3[C@H]2CNC(=O)c2cccc3occc23)c(-c2cccc(C(F)(F)F)c2)s1. The average molecular weight is 526 g/mol. The summed E-state index contributed by atoms with van der Waals surface area (Å²) in [6, 6.07) is 11.8. The van der Waals surface area contributed by atoms with Crippen LogP contribution in [0, 0.1) is 18.8 Å². The fourth-order valence-corrected chi connectivity index (χ4v) is 6.20. The highest BCUT2D eigenvalue weighted by Crippen LogP contribution is 2.50. The molecular formula is C27H22F3N3O3S. The highest BCUT2D eigenvalue weighted by molar-refractivity contribution is 7.15. The van der Waals surface area contributed by atoms with Gasteiger partial charge >= 0.3 is 6.18 Å². The molecule has 2 aromatic heterocycles. The van der Waals surface area contributed by atoms with Crippen molar-refractivity contribution >= 4 is 34.1 Å². The monoisotopic (exact) mass is 525 g/mol. The zero-order valence-corrected chi connectivity index (χ0v) is 20.5. The number of hydrogen-bond acceptors (Lipinski definition) is 5. The first kappa shape index (κ1) is 23.7. The minimum absolute atomic E-state index is 0.155. The maximum absolute atomic E-state index is 13.7. The largest absolute Gasteiger partial charge is 0.464 e. The van der Waals surface area contributed by atoms with Crippen LogP contribution in [0.3, 0.4) is 0 Å². The van der Waals surface area contributed by atoms with Crippen LogP contribution in [0.2, 0.25) is 0 Å². The fourth-order valence-electron chi connectivity index (χ4n) is 5.29. The van der Waals surface area contributed by atoms with Crippen molar-refractivity contribution in [1.82, 2.24) is 15.2 Å². The third kappa shape index (κ3) is 4.29. The number of likely N-dealkylation sites (tertiary alicyclic amines) is 1. The van der Waals surface area contributed by atoms with Crippen molar-refractivity contribution in [2.45, 2.75) is 25.6 Å².